The molecule has 9 nitrogen and oxygen atoms in total. The Balaban J connectivity index is -0.000000240. The fraction of sp³-hybridized carbons (Fsp3) is 0.833. The first kappa shape index (κ1) is 25.0. The van der Waals surface area contributed by atoms with E-state index in [2.05, 4.69) is 0 Å². The Morgan fingerprint density at radius 3 is 1.62 bits per heavy atom. The van der Waals surface area contributed by atoms with E-state index in [1.165, 1.54) is 0 Å². The number of carboxylic acid groups (broad SMARTS) is 1. The van der Waals surface area contributed by atoms with Gasteiger partial charge in [0.25, 0.3) is 0 Å². The van der Waals surface area contributed by atoms with E-state index in [4.69, 9.17) is 30.6 Å². The number of carbonyl (C=O) groups is 1. The normalized spacial score (nSPS) is 16.6. The maximum absolute atomic E-state index is 10.1. The zero-order chi connectivity index (χ0) is 10.6. The van der Waals surface area contributed by atoms with Crippen LogP contribution in [0.2, 0.25) is 0 Å². The fourth-order valence-corrected chi connectivity index (χ4v) is 0.668. The SMILES string of the molecule is O.O.O=C(O)[C@H](O)[C@@H](O)[C@H](O)[C@H](O)CO.[SnH2]. The van der Waals surface area contributed by atoms with E-state index >= 15 is 0 Å². The monoisotopic (exact) mass is 354 g/mol. The Labute approximate surface area is 108 Å². The Morgan fingerprint density at radius 1 is 1.00 bits per heavy atom. The van der Waals surface area contributed by atoms with Crippen LogP contribution in [0.1, 0.15) is 0 Å². The third-order valence-electron chi connectivity index (χ3n) is 1.51. The van der Waals surface area contributed by atoms with Crippen molar-refractivity contribution in [3.8, 4) is 0 Å². The molecule has 0 heterocycles. The van der Waals surface area contributed by atoms with Crippen molar-refractivity contribution < 1.29 is 46.4 Å². The zero-order valence-electron chi connectivity index (χ0n) is 8.32. The summed E-state index contributed by atoms with van der Waals surface area (Å²) in [6.07, 6.45) is -7.84. The van der Waals surface area contributed by atoms with Crippen LogP contribution in [0.25, 0.3) is 0 Å². The Bertz CT molecular complexity index is 177. The molecule has 10 heteroatoms. The van der Waals surface area contributed by atoms with E-state index in [-0.39, 0.29) is 34.9 Å². The topological polar surface area (TPSA) is 201 Å². The number of rotatable bonds is 5. The van der Waals surface area contributed by atoms with Crippen LogP contribution in [-0.4, -0.2) is 102 Å². The third kappa shape index (κ3) is 7.29. The molecule has 0 saturated heterocycles. The molecule has 0 fully saturated rings. The summed E-state index contributed by atoms with van der Waals surface area (Å²) < 4.78 is 0. The van der Waals surface area contributed by atoms with Gasteiger partial charge in [-0.05, 0) is 0 Å². The van der Waals surface area contributed by atoms with E-state index < -0.39 is 37.0 Å². The molecule has 0 aliphatic rings. The van der Waals surface area contributed by atoms with Crippen molar-refractivity contribution in [3.63, 3.8) is 0 Å². The van der Waals surface area contributed by atoms with Gasteiger partial charge in [-0.1, -0.05) is 0 Å². The summed E-state index contributed by atoms with van der Waals surface area (Å²) in [4.78, 5) is 10.1. The fourth-order valence-electron chi connectivity index (χ4n) is 0.668. The first-order chi connectivity index (χ1) is 5.91. The zero-order valence-corrected chi connectivity index (χ0v) is 12.4. The summed E-state index contributed by atoms with van der Waals surface area (Å²) >= 11 is 0. The predicted octanol–water partition coefficient (Wildman–Crippen LogP) is -6.06. The van der Waals surface area contributed by atoms with Crippen LogP contribution in [0, 0.1) is 0 Å². The second-order valence-electron chi connectivity index (χ2n) is 2.51. The average Bonchev–Trinajstić information content (AvgIpc) is 2.12. The third-order valence-corrected chi connectivity index (χ3v) is 1.51. The Kier molecular flexibility index (Phi) is 17.9. The van der Waals surface area contributed by atoms with Gasteiger partial charge in [0.05, 0.1) is 6.61 Å². The molecule has 4 atom stereocenters. The molecule has 0 aromatic carbocycles. The van der Waals surface area contributed by atoms with Crippen molar-refractivity contribution in [2.24, 2.45) is 0 Å². The number of carboxylic acids is 1. The molecule has 0 aromatic heterocycles. The first-order valence-electron chi connectivity index (χ1n) is 3.47. The van der Waals surface area contributed by atoms with Crippen molar-refractivity contribution in [1.82, 2.24) is 0 Å². The number of hydrogen-bond donors (Lipinski definition) is 6. The summed E-state index contributed by atoms with van der Waals surface area (Å²) in [5.41, 5.74) is 0. The van der Waals surface area contributed by atoms with Gasteiger partial charge in [-0.3, -0.25) is 0 Å². The Hall–Kier alpha value is -0.0113. The van der Waals surface area contributed by atoms with Crippen molar-refractivity contribution in [2.75, 3.05) is 6.61 Å². The van der Waals surface area contributed by atoms with E-state index in [0.717, 1.165) is 0 Å². The molecule has 10 N–H and O–H groups in total. The van der Waals surface area contributed by atoms with E-state index in [0.29, 0.717) is 0 Å². The molecule has 0 aliphatic carbocycles. The van der Waals surface area contributed by atoms with Crippen LogP contribution >= 0.6 is 0 Å². The molecule has 0 saturated carbocycles. The van der Waals surface area contributed by atoms with E-state index in [1.807, 2.05) is 0 Å². The predicted molar refractivity (Wildman–Crippen MR) is 54.5 cm³/mol. The van der Waals surface area contributed by atoms with Gasteiger partial charge < -0.3 is 41.6 Å². The second kappa shape index (κ2) is 11.5. The molecular formula is C6H18O9Sn. The molecule has 0 aliphatic heterocycles. The standard InChI is InChI=1S/C6H12O7.2H2O.Sn.2H/c7-1-2(8)3(9)4(10)5(11)6(12)13;;;;;/h2-5,7-11H,1H2,(H,12,13);2*1H2;;;/t2-,3-,4+,5-;;;;;/m1...../s1. The van der Waals surface area contributed by atoms with Gasteiger partial charge in [0.1, 0.15) is 18.3 Å². The number of hydrogen-bond acceptors (Lipinski definition) is 6. The quantitative estimate of drug-likeness (QED) is 0.264. The van der Waals surface area contributed by atoms with Crippen molar-refractivity contribution >= 4 is 29.9 Å². The van der Waals surface area contributed by atoms with Crippen LogP contribution in [0.5, 0.6) is 0 Å². The summed E-state index contributed by atoms with van der Waals surface area (Å²) in [6.45, 7) is -0.843. The molecule has 0 unspecified atom stereocenters. The number of aliphatic hydroxyl groups excluding tert-OH is 5. The van der Waals surface area contributed by atoms with Crippen LogP contribution in [0.15, 0.2) is 0 Å². The van der Waals surface area contributed by atoms with Crippen LogP contribution in [0.3, 0.4) is 0 Å². The van der Waals surface area contributed by atoms with Gasteiger partial charge >= 0.3 is 29.9 Å². The van der Waals surface area contributed by atoms with Crippen LogP contribution in [-0.2, 0) is 4.79 Å². The van der Waals surface area contributed by atoms with Crippen molar-refractivity contribution in [1.29, 1.82) is 0 Å². The minimum atomic E-state index is -2.20. The van der Waals surface area contributed by atoms with Crippen LogP contribution < -0.4 is 0 Å². The summed E-state index contributed by atoms with van der Waals surface area (Å²) in [5.74, 6) is -1.73. The molecule has 0 rings (SSSR count). The van der Waals surface area contributed by atoms with Crippen molar-refractivity contribution in [2.45, 2.75) is 24.4 Å². The average molecular weight is 353 g/mol. The van der Waals surface area contributed by atoms with Gasteiger partial charge in [0, 0.05) is 0 Å². The van der Waals surface area contributed by atoms with Gasteiger partial charge in [-0.2, -0.15) is 0 Å². The molecule has 0 amide bonds. The molecule has 2 radical (unpaired) electrons. The van der Waals surface area contributed by atoms with Gasteiger partial charge in [0.15, 0.2) is 6.10 Å². The molecule has 0 bridgehead atoms. The number of aliphatic hydroxyl groups is 5. The van der Waals surface area contributed by atoms with Gasteiger partial charge in [-0.25, -0.2) is 4.79 Å². The van der Waals surface area contributed by atoms with Gasteiger partial charge in [-0.15, -0.1) is 0 Å². The van der Waals surface area contributed by atoms with E-state index in [1.54, 1.807) is 0 Å². The second-order valence-corrected chi connectivity index (χ2v) is 2.51. The molecule has 100 valence electrons. The first-order valence-corrected chi connectivity index (χ1v) is 3.47. The number of aliphatic carboxylic acids is 1. The molecular weight excluding hydrogens is 335 g/mol. The van der Waals surface area contributed by atoms with Crippen LogP contribution in [0.4, 0.5) is 0 Å². The minimum absolute atomic E-state index is 0. The molecule has 16 heavy (non-hydrogen) atoms. The summed E-state index contributed by atoms with van der Waals surface area (Å²) in [7, 11) is 0. The maximum atomic E-state index is 10.1. The Morgan fingerprint density at radius 2 is 1.38 bits per heavy atom. The summed E-state index contributed by atoms with van der Waals surface area (Å²) in [5, 5.41) is 51.8. The molecule has 0 spiro atoms. The van der Waals surface area contributed by atoms with E-state index in [9.17, 15) is 4.79 Å². The van der Waals surface area contributed by atoms with Crippen molar-refractivity contribution in [3.05, 3.63) is 0 Å². The molecule has 0 aromatic rings. The summed E-state index contributed by atoms with van der Waals surface area (Å²) in [6, 6.07) is 0. The van der Waals surface area contributed by atoms with Gasteiger partial charge in [0.2, 0.25) is 0 Å².